The molecule has 3 aromatic rings. The van der Waals surface area contributed by atoms with Gasteiger partial charge in [-0.3, -0.25) is 4.90 Å². The SMILES string of the molecule is Cc1cc(C)c(C2c3cccn3CCCN2Cc2ccoc2)c(C)c1. The third-order valence-corrected chi connectivity index (χ3v) is 5.33. The largest absolute Gasteiger partial charge is 0.472 e. The third kappa shape index (κ3) is 3.05. The molecule has 130 valence electrons. The van der Waals surface area contributed by atoms with E-state index in [1.54, 1.807) is 6.26 Å². The van der Waals surface area contributed by atoms with Crippen LogP contribution in [0, 0.1) is 20.8 Å². The van der Waals surface area contributed by atoms with E-state index in [4.69, 9.17) is 4.42 Å². The van der Waals surface area contributed by atoms with E-state index >= 15 is 0 Å². The summed E-state index contributed by atoms with van der Waals surface area (Å²) < 4.78 is 7.74. The first kappa shape index (κ1) is 16.2. The van der Waals surface area contributed by atoms with E-state index < -0.39 is 0 Å². The van der Waals surface area contributed by atoms with Crippen LogP contribution in [0.15, 0.2) is 53.5 Å². The molecule has 1 aliphatic heterocycles. The molecule has 0 N–H and O–H groups in total. The van der Waals surface area contributed by atoms with Gasteiger partial charge >= 0.3 is 0 Å². The number of aryl methyl sites for hydroxylation is 4. The zero-order valence-corrected chi connectivity index (χ0v) is 15.3. The van der Waals surface area contributed by atoms with Crippen LogP contribution in [0.5, 0.6) is 0 Å². The summed E-state index contributed by atoms with van der Waals surface area (Å²) in [5.74, 6) is 0. The van der Waals surface area contributed by atoms with Gasteiger partial charge in [0.05, 0.1) is 18.6 Å². The average Bonchev–Trinajstić information content (AvgIpc) is 3.19. The Kier molecular flexibility index (Phi) is 4.26. The number of nitrogens with zero attached hydrogens (tertiary/aromatic N) is 2. The van der Waals surface area contributed by atoms with Crippen molar-refractivity contribution < 1.29 is 4.42 Å². The Bertz CT molecular complexity index is 837. The minimum absolute atomic E-state index is 0.285. The predicted molar refractivity (Wildman–Crippen MR) is 101 cm³/mol. The normalized spacial score (nSPS) is 18.1. The highest BCUT2D eigenvalue weighted by atomic mass is 16.3. The molecule has 4 rings (SSSR count). The number of benzene rings is 1. The molecule has 0 aliphatic carbocycles. The van der Waals surface area contributed by atoms with Gasteiger partial charge in [-0.05, 0) is 62.1 Å². The standard InChI is InChI=1S/C22H26N2O/c1-16-12-17(2)21(18(3)13-16)22-20-6-4-8-23(20)9-5-10-24(22)14-19-7-11-25-15-19/h4,6-8,11-13,15,22H,5,9-10,14H2,1-3H3. The molecule has 3 heteroatoms. The van der Waals surface area contributed by atoms with E-state index in [9.17, 15) is 0 Å². The van der Waals surface area contributed by atoms with E-state index in [-0.39, 0.29) is 6.04 Å². The van der Waals surface area contributed by atoms with E-state index in [1.165, 1.54) is 39.9 Å². The first-order valence-corrected chi connectivity index (χ1v) is 9.11. The van der Waals surface area contributed by atoms with Gasteiger partial charge in [0.1, 0.15) is 0 Å². The second-order valence-corrected chi connectivity index (χ2v) is 7.30. The molecule has 25 heavy (non-hydrogen) atoms. The Hall–Kier alpha value is -2.26. The van der Waals surface area contributed by atoms with E-state index in [0.29, 0.717) is 0 Å². The van der Waals surface area contributed by atoms with Crippen LogP contribution in [-0.2, 0) is 13.1 Å². The molecule has 0 spiro atoms. The summed E-state index contributed by atoms with van der Waals surface area (Å²) in [5.41, 5.74) is 8.20. The molecular weight excluding hydrogens is 308 g/mol. The van der Waals surface area contributed by atoms with Gasteiger partial charge in [0.25, 0.3) is 0 Å². The summed E-state index contributed by atoms with van der Waals surface area (Å²) in [4.78, 5) is 2.61. The van der Waals surface area contributed by atoms with Crippen molar-refractivity contribution in [1.29, 1.82) is 0 Å². The number of furan rings is 1. The van der Waals surface area contributed by atoms with Gasteiger partial charge < -0.3 is 8.98 Å². The van der Waals surface area contributed by atoms with Gasteiger partial charge in [-0.25, -0.2) is 0 Å². The molecule has 0 bridgehead atoms. The minimum atomic E-state index is 0.285. The Labute approximate surface area is 149 Å². The summed E-state index contributed by atoms with van der Waals surface area (Å²) in [7, 11) is 0. The summed E-state index contributed by atoms with van der Waals surface area (Å²) in [6.45, 7) is 9.78. The predicted octanol–water partition coefficient (Wildman–Crippen LogP) is 5.00. The number of hydrogen-bond acceptors (Lipinski definition) is 2. The van der Waals surface area contributed by atoms with Crippen molar-refractivity contribution in [2.75, 3.05) is 6.54 Å². The van der Waals surface area contributed by atoms with E-state index in [1.807, 2.05) is 6.26 Å². The van der Waals surface area contributed by atoms with Crippen molar-refractivity contribution in [1.82, 2.24) is 9.47 Å². The molecule has 3 heterocycles. The lowest BCUT2D eigenvalue weighted by molar-refractivity contribution is 0.218. The topological polar surface area (TPSA) is 21.3 Å². The van der Waals surface area contributed by atoms with E-state index in [2.05, 4.69) is 66.8 Å². The molecule has 0 radical (unpaired) electrons. The number of hydrogen-bond donors (Lipinski definition) is 0. The summed E-state index contributed by atoms with van der Waals surface area (Å²) in [6.07, 6.45) is 7.03. The maximum Gasteiger partial charge on any atom is 0.0947 e. The smallest absolute Gasteiger partial charge is 0.0947 e. The maximum absolute atomic E-state index is 5.31. The maximum atomic E-state index is 5.31. The van der Waals surface area contributed by atoms with Crippen LogP contribution in [0.25, 0.3) is 0 Å². The fraction of sp³-hybridized carbons (Fsp3) is 0.364. The van der Waals surface area contributed by atoms with Crippen molar-refractivity contribution in [3.8, 4) is 0 Å². The molecule has 3 nitrogen and oxygen atoms in total. The van der Waals surface area contributed by atoms with Gasteiger partial charge in [-0.1, -0.05) is 17.7 Å². The second-order valence-electron chi connectivity index (χ2n) is 7.30. The van der Waals surface area contributed by atoms with Crippen LogP contribution >= 0.6 is 0 Å². The van der Waals surface area contributed by atoms with Crippen LogP contribution in [0.1, 0.15) is 46.0 Å². The first-order valence-electron chi connectivity index (χ1n) is 9.11. The van der Waals surface area contributed by atoms with Gasteiger partial charge in [-0.2, -0.15) is 0 Å². The fourth-order valence-electron chi connectivity index (χ4n) is 4.38. The molecule has 2 aromatic heterocycles. The van der Waals surface area contributed by atoms with Crippen molar-refractivity contribution in [2.45, 2.75) is 46.3 Å². The Morgan fingerprint density at radius 3 is 2.60 bits per heavy atom. The van der Waals surface area contributed by atoms with E-state index in [0.717, 1.165) is 19.6 Å². The minimum Gasteiger partial charge on any atom is -0.472 e. The molecule has 0 amide bonds. The molecule has 0 saturated heterocycles. The monoisotopic (exact) mass is 334 g/mol. The Morgan fingerprint density at radius 2 is 1.88 bits per heavy atom. The number of aromatic nitrogens is 1. The summed E-state index contributed by atoms with van der Waals surface area (Å²) in [5, 5.41) is 0. The highest BCUT2D eigenvalue weighted by Crippen LogP contribution is 2.36. The lowest BCUT2D eigenvalue weighted by Crippen LogP contribution is -2.30. The Balaban J connectivity index is 1.84. The molecule has 0 saturated carbocycles. The van der Waals surface area contributed by atoms with Gasteiger partial charge in [0, 0.05) is 37.1 Å². The Morgan fingerprint density at radius 1 is 1.08 bits per heavy atom. The third-order valence-electron chi connectivity index (χ3n) is 5.33. The zero-order valence-electron chi connectivity index (χ0n) is 15.3. The van der Waals surface area contributed by atoms with Crippen molar-refractivity contribution in [2.24, 2.45) is 0 Å². The first-order chi connectivity index (χ1) is 12.1. The number of rotatable bonds is 3. The zero-order chi connectivity index (χ0) is 17.4. The lowest BCUT2D eigenvalue weighted by atomic mass is 9.91. The second kappa shape index (κ2) is 6.57. The van der Waals surface area contributed by atoms with Gasteiger partial charge in [-0.15, -0.1) is 0 Å². The van der Waals surface area contributed by atoms with Crippen LogP contribution < -0.4 is 0 Å². The van der Waals surface area contributed by atoms with Crippen LogP contribution in [-0.4, -0.2) is 16.0 Å². The highest BCUT2D eigenvalue weighted by Gasteiger charge is 2.29. The molecule has 1 aliphatic rings. The van der Waals surface area contributed by atoms with Crippen LogP contribution in [0.4, 0.5) is 0 Å². The van der Waals surface area contributed by atoms with Gasteiger partial charge in [0.15, 0.2) is 0 Å². The quantitative estimate of drug-likeness (QED) is 0.672. The summed E-state index contributed by atoms with van der Waals surface area (Å²) >= 11 is 0. The molecular formula is C22H26N2O. The van der Waals surface area contributed by atoms with Crippen LogP contribution in [0.3, 0.4) is 0 Å². The molecule has 1 unspecified atom stereocenters. The lowest BCUT2D eigenvalue weighted by Gasteiger charge is -2.32. The fourth-order valence-corrected chi connectivity index (χ4v) is 4.38. The van der Waals surface area contributed by atoms with Crippen molar-refractivity contribution in [3.63, 3.8) is 0 Å². The van der Waals surface area contributed by atoms with Gasteiger partial charge in [0.2, 0.25) is 0 Å². The molecule has 0 fully saturated rings. The molecule has 1 aromatic carbocycles. The van der Waals surface area contributed by atoms with Crippen molar-refractivity contribution in [3.05, 3.63) is 82.6 Å². The highest BCUT2D eigenvalue weighted by molar-refractivity contribution is 5.43. The van der Waals surface area contributed by atoms with Crippen LogP contribution in [0.2, 0.25) is 0 Å². The average molecular weight is 334 g/mol. The van der Waals surface area contributed by atoms with Crippen molar-refractivity contribution >= 4 is 0 Å². The summed E-state index contributed by atoms with van der Waals surface area (Å²) in [6, 6.07) is 11.5. The molecule has 1 atom stereocenters. The number of fused-ring (bicyclic) bond motifs is 1.